The van der Waals surface area contributed by atoms with Crippen LogP contribution in [0.4, 0.5) is 4.79 Å². The number of urea groups is 1. The molecule has 8 heteroatoms. The van der Waals surface area contributed by atoms with Crippen LogP contribution in [0.5, 0.6) is 0 Å². The van der Waals surface area contributed by atoms with Crippen molar-refractivity contribution in [2.24, 2.45) is 0 Å². The molecule has 0 aliphatic carbocycles. The first kappa shape index (κ1) is 15.8. The highest BCUT2D eigenvalue weighted by molar-refractivity contribution is 7.98. The van der Waals surface area contributed by atoms with Crippen molar-refractivity contribution in [2.75, 3.05) is 19.1 Å². The molecule has 0 radical (unpaired) electrons. The van der Waals surface area contributed by atoms with Crippen LogP contribution < -0.4 is 5.32 Å². The molecule has 0 bridgehead atoms. The van der Waals surface area contributed by atoms with Gasteiger partial charge in [-0.15, -0.1) is 11.3 Å². The second-order valence-electron chi connectivity index (χ2n) is 3.96. The number of carboxylic acid groups (broad SMARTS) is 1. The lowest BCUT2D eigenvalue weighted by Crippen LogP contribution is -2.46. The molecule has 0 aliphatic heterocycles. The van der Waals surface area contributed by atoms with E-state index in [0.29, 0.717) is 18.7 Å². The zero-order valence-electron chi connectivity index (χ0n) is 10.8. The van der Waals surface area contributed by atoms with Gasteiger partial charge in [0, 0.05) is 12.4 Å². The number of amides is 2. The topological polar surface area (TPSA) is 82.5 Å². The van der Waals surface area contributed by atoms with Gasteiger partial charge in [-0.1, -0.05) is 0 Å². The van der Waals surface area contributed by atoms with E-state index in [2.05, 4.69) is 10.3 Å². The summed E-state index contributed by atoms with van der Waals surface area (Å²) >= 11 is 3.01. The molecule has 1 aromatic heterocycles. The first-order valence-electron chi connectivity index (χ1n) is 5.65. The Morgan fingerprint density at radius 1 is 1.63 bits per heavy atom. The maximum atomic E-state index is 11.9. The van der Waals surface area contributed by atoms with Crippen molar-refractivity contribution in [3.63, 3.8) is 0 Å². The van der Waals surface area contributed by atoms with Crippen LogP contribution >= 0.6 is 23.1 Å². The molecule has 0 saturated heterocycles. The van der Waals surface area contributed by atoms with Gasteiger partial charge in [0.05, 0.1) is 17.7 Å². The number of hydrogen-bond acceptors (Lipinski definition) is 5. The molecule has 0 unspecified atom stereocenters. The Balaban J connectivity index is 2.48. The molecule has 6 nitrogen and oxygen atoms in total. The van der Waals surface area contributed by atoms with Crippen molar-refractivity contribution in [1.29, 1.82) is 0 Å². The summed E-state index contributed by atoms with van der Waals surface area (Å²) in [5.41, 5.74) is 2.48. The number of carbonyl (C=O) groups excluding carboxylic acids is 1. The van der Waals surface area contributed by atoms with Gasteiger partial charge in [0.15, 0.2) is 0 Å². The Morgan fingerprint density at radius 3 is 2.89 bits per heavy atom. The Hall–Kier alpha value is -1.28. The number of aliphatic carboxylic acids is 1. The molecule has 1 atom stereocenters. The molecule has 0 fully saturated rings. The van der Waals surface area contributed by atoms with Crippen molar-refractivity contribution >= 4 is 35.1 Å². The van der Waals surface area contributed by atoms with Crippen LogP contribution in [0, 0.1) is 0 Å². The van der Waals surface area contributed by atoms with Gasteiger partial charge < -0.3 is 15.3 Å². The quantitative estimate of drug-likeness (QED) is 0.797. The lowest BCUT2D eigenvalue weighted by Gasteiger charge is -2.20. The van der Waals surface area contributed by atoms with Gasteiger partial charge in [0.1, 0.15) is 6.04 Å². The van der Waals surface area contributed by atoms with Gasteiger partial charge in [-0.25, -0.2) is 14.6 Å². The molecular formula is C11H17N3O3S2. The predicted octanol–water partition coefficient (Wildman–Crippen LogP) is 1.49. The Bertz CT molecular complexity index is 411. The van der Waals surface area contributed by atoms with Crippen LogP contribution in [0.15, 0.2) is 10.9 Å². The van der Waals surface area contributed by atoms with Crippen molar-refractivity contribution < 1.29 is 14.7 Å². The molecular weight excluding hydrogens is 286 g/mol. The summed E-state index contributed by atoms with van der Waals surface area (Å²) in [4.78, 5) is 28.4. The second kappa shape index (κ2) is 8.00. The largest absolute Gasteiger partial charge is 0.480 e. The highest BCUT2D eigenvalue weighted by Gasteiger charge is 2.21. The van der Waals surface area contributed by atoms with E-state index >= 15 is 0 Å². The van der Waals surface area contributed by atoms with Gasteiger partial charge in [0.2, 0.25) is 0 Å². The number of carboxylic acids is 1. The molecule has 0 saturated carbocycles. The number of rotatable bonds is 7. The predicted molar refractivity (Wildman–Crippen MR) is 76.5 cm³/mol. The van der Waals surface area contributed by atoms with Crippen molar-refractivity contribution in [3.05, 3.63) is 16.6 Å². The van der Waals surface area contributed by atoms with E-state index < -0.39 is 18.0 Å². The number of aromatic nitrogens is 1. The normalized spacial score (nSPS) is 11.9. The SMILES string of the molecule is CSCC[C@@H](NC(=O)N(C)Cc1cscn1)C(=O)O. The van der Waals surface area contributed by atoms with Crippen molar-refractivity contribution in [1.82, 2.24) is 15.2 Å². The van der Waals surface area contributed by atoms with E-state index in [4.69, 9.17) is 5.11 Å². The van der Waals surface area contributed by atoms with E-state index in [1.54, 1.807) is 24.3 Å². The standard InChI is InChI=1S/C11H17N3O3S2/c1-14(5-8-6-19-7-12-8)11(17)13-9(10(15)16)3-4-18-2/h6-7,9H,3-5H2,1-2H3,(H,13,17)(H,15,16)/t9-/m1/s1. The first-order chi connectivity index (χ1) is 9.04. The lowest BCUT2D eigenvalue weighted by molar-refractivity contribution is -0.139. The minimum absolute atomic E-state index is 0.365. The fraction of sp³-hybridized carbons (Fsp3) is 0.545. The highest BCUT2D eigenvalue weighted by Crippen LogP contribution is 2.05. The average Bonchev–Trinajstić information content (AvgIpc) is 2.86. The molecule has 0 spiro atoms. The third-order valence-corrected chi connectivity index (χ3v) is 3.72. The van der Waals surface area contributed by atoms with Crippen LogP contribution in [-0.4, -0.2) is 52.1 Å². The zero-order chi connectivity index (χ0) is 14.3. The Kier molecular flexibility index (Phi) is 6.65. The van der Waals surface area contributed by atoms with Gasteiger partial charge in [-0.3, -0.25) is 0 Å². The number of hydrogen-bond donors (Lipinski definition) is 2. The van der Waals surface area contributed by atoms with E-state index in [1.165, 1.54) is 16.2 Å². The Labute approximate surface area is 120 Å². The third-order valence-electron chi connectivity index (χ3n) is 2.44. The van der Waals surface area contributed by atoms with E-state index in [-0.39, 0.29) is 0 Å². The van der Waals surface area contributed by atoms with Crippen molar-refractivity contribution in [2.45, 2.75) is 19.0 Å². The van der Waals surface area contributed by atoms with Crippen molar-refractivity contribution in [3.8, 4) is 0 Å². The van der Waals surface area contributed by atoms with E-state index in [0.717, 1.165) is 5.69 Å². The first-order valence-corrected chi connectivity index (χ1v) is 7.98. The van der Waals surface area contributed by atoms with Gasteiger partial charge >= 0.3 is 12.0 Å². The third kappa shape index (κ3) is 5.48. The average molecular weight is 303 g/mol. The van der Waals surface area contributed by atoms with Gasteiger partial charge in [0.25, 0.3) is 0 Å². The van der Waals surface area contributed by atoms with Crippen LogP contribution in [0.2, 0.25) is 0 Å². The maximum Gasteiger partial charge on any atom is 0.326 e. The summed E-state index contributed by atoms with van der Waals surface area (Å²) in [6, 6.07) is -1.25. The summed E-state index contributed by atoms with van der Waals surface area (Å²) in [6.45, 7) is 0.365. The molecule has 1 rings (SSSR count). The molecule has 19 heavy (non-hydrogen) atoms. The van der Waals surface area contributed by atoms with Gasteiger partial charge in [-0.2, -0.15) is 11.8 Å². The molecule has 2 amide bonds. The smallest absolute Gasteiger partial charge is 0.326 e. The minimum Gasteiger partial charge on any atom is -0.480 e. The van der Waals surface area contributed by atoms with Gasteiger partial charge in [-0.05, 0) is 18.4 Å². The van der Waals surface area contributed by atoms with E-state index in [9.17, 15) is 9.59 Å². The lowest BCUT2D eigenvalue weighted by atomic mass is 10.2. The summed E-state index contributed by atoms with van der Waals surface area (Å²) in [5, 5.41) is 13.4. The zero-order valence-corrected chi connectivity index (χ0v) is 12.5. The summed E-state index contributed by atoms with van der Waals surface area (Å²) < 4.78 is 0. The molecule has 0 aliphatic rings. The van der Waals surface area contributed by atoms with Crippen LogP contribution in [0.1, 0.15) is 12.1 Å². The van der Waals surface area contributed by atoms with Crippen LogP contribution in [0.3, 0.4) is 0 Å². The Morgan fingerprint density at radius 2 is 2.37 bits per heavy atom. The van der Waals surface area contributed by atoms with Crippen LogP contribution in [-0.2, 0) is 11.3 Å². The highest BCUT2D eigenvalue weighted by atomic mass is 32.2. The van der Waals surface area contributed by atoms with E-state index in [1.807, 2.05) is 11.6 Å². The molecule has 106 valence electrons. The number of thiazole rings is 1. The second-order valence-corrected chi connectivity index (χ2v) is 5.66. The molecule has 1 heterocycles. The summed E-state index contributed by atoms with van der Waals surface area (Å²) in [7, 11) is 1.61. The maximum absolute atomic E-state index is 11.9. The molecule has 1 aromatic rings. The number of nitrogens with zero attached hydrogens (tertiary/aromatic N) is 2. The fourth-order valence-electron chi connectivity index (χ4n) is 1.38. The summed E-state index contributed by atoms with van der Waals surface area (Å²) in [6.07, 6.45) is 2.31. The number of nitrogens with one attached hydrogen (secondary N) is 1. The number of carbonyl (C=O) groups is 2. The van der Waals surface area contributed by atoms with Crippen LogP contribution in [0.25, 0.3) is 0 Å². The monoisotopic (exact) mass is 303 g/mol. The number of thioether (sulfide) groups is 1. The fourth-order valence-corrected chi connectivity index (χ4v) is 2.40. The summed E-state index contributed by atoms with van der Waals surface area (Å²) in [5.74, 6) is -0.322. The minimum atomic E-state index is -1.01. The molecule has 0 aromatic carbocycles. The molecule has 2 N–H and O–H groups in total.